The fourth-order valence-electron chi connectivity index (χ4n) is 2.96. The molecule has 0 unspecified atom stereocenters. The van der Waals surface area contributed by atoms with E-state index in [-0.39, 0.29) is 11.9 Å². The summed E-state index contributed by atoms with van der Waals surface area (Å²) in [4.78, 5) is 17.1. The maximum absolute atomic E-state index is 12.7. The number of hydrogen-bond donors (Lipinski definition) is 1. The molecule has 2 heterocycles. The Balaban J connectivity index is 1.59. The largest absolute Gasteiger partial charge is 0.353 e. The van der Waals surface area contributed by atoms with Crippen molar-refractivity contribution in [2.45, 2.75) is 19.0 Å². The van der Waals surface area contributed by atoms with Crippen molar-refractivity contribution in [3.8, 4) is 11.4 Å². The first kappa shape index (κ1) is 18.3. The van der Waals surface area contributed by atoms with Crippen molar-refractivity contribution < 1.29 is 4.79 Å². The van der Waals surface area contributed by atoms with Gasteiger partial charge < -0.3 is 14.5 Å². The molecule has 0 saturated heterocycles. The Morgan fingerprint density at radius 1 is 1.15 bits per heavy atom. The van der Waals surface area contributed by atoms with Crippen molar-refractivity contribution in [2.24, 2.45) is 0 Å². The van der Waals surface area contributed by atoms with Crippen LogP contribution in [0.1, 0.15) is 12.5 Å². The van der Waals surface area contributed by atoms with Gasteiger partial charge in [-0.3, -0.25) is 4.79 Å². The summed E-state index contributed by atoms with van der Waals surface area (Å²) in [6.45, 7) is 1.27. The molecule has 1 atom stereocenters. The number of imidazole rings is 1. The Bertz CT molecular complexity index is 798. The van der Waals surface area contributed by atoms with Crippen molar-refractivity contribution in [3.05, 3.63) is 67.3 Å². The maximum atomic E-state index is 12.7. The van der Waals surface area contributed by atoms with E-state index in [9.17, 15) is 4.79 Å². The lowest BCUT2D eigenvalue weighted by atomic mass is 10.2. The molecule has 1 aromatic carbocycles. The number of amides is 1. The highest BCUT2D eigenvalue weighted by Crippen LogP contribution is 2.17. The van der Waals surface area contributed by atoms with Gasteiger partial charge in [-0.25, -0.2) is 4.98 Å². The second kappa shape index (κ2) is 9.29. The number of benzene rings is 1. The molecule has 26 heavy (non-hydrogen) atoms. The van der Waals surface area contributed by atoms with Crippen molar-refractivity contribution >= 4 is 17.7 Å². The standard InChI is InChI=1S/C20H24N4OS/c1-26-16-9-18(23-12-5-6-13-23)20(25)22-11-15-24-14-10-21-19(24)17-7-3-2-4-8-17/h2-8,10,12-14,18H,9,11,15-16H2,1H3,(H,22,25)/t18-/m0/s1. The van der Waals surface area contributed by atoms with E-state index in [1.165, 1.54) is 0 Å². The molecule has 0 spiro atoms. The van der Waals surface area contributed by atoms with E-state index >= 15 is 0 Å². The molecule has 2 aromatic heterocycles. The molecule has 3 aromatic rings. The van der Waals surface area contributed by atoms with Crippen molar-refractivity contribution in [1.29, 1.82) is 0 Å². The Labute approximate surface area is 158 Å². The molecule has 0 radical (unpaired) electrons. The lowest BCUT2D eigenvalue weighted by molar-refractivity contribution is -0.124. The molecule has 136 valence electrons. The van der Waals surface area contributed by atoms with Crippen molar-refractivity contribution in [2.75, 3.05) is 18.6 Å². The van der Waals surface area contributed by atoms with Crippen LogP contribution in [0.3, 0.4) is 0 Å². The van der Waals surface area contributed by atoms with Gasteiger partial charge in [-0.15, -0.1) is 0 Å². The molecule has 6 heteroatoms. The summed E-state index contributed by atoms with van der Waals surface area (Å²) >= 11 is 1.76. The number of thioether (sulfide) groups is 1. The Kier molecular flexibility index (Phi) is 6.55. The molecule has 0 fully saturated rings. The van der Waals surface area contributed by atoms with Crippen LogP contribution in [0.4, 0.5) is 0 Å². The van der Waals surface area contributed by atoms with Gasteiger partial charge in [-0.05, 0) is 30.6 Å². The van der Waals surface area contributed by atoms with E-state index in [0.717, 1.165) is 23.6 Å². The Morgan fingerprint density at radius 3 is 2.65 bits per heavy atom. The van der Waals surface area contributed by atoms with Crippen LogP contribution in [-0.2, 0) is 11.3 Å². The second-order valence-electron chi connectivity index (χ2n) is 6.03. The molecular weight excluding hydrogens is 344 g/mol. The number of hydrogen-bond acceptors (Lipinski definition) is 3. The number of nitrogens with zero attached hydrogens (tertiary/aromatic N) is 3. The average molecular weight is 369 g/mol. The summed E-state index contributed by atoms with van der Waals surface area (Å²) in [7, 11) is 0. The van der Waals surface area contributed by atoms with Gasteiger partial charge in [0.2, 0.25) is 5.91 Å². The highest BCUT2D eigenvalue weighted by atomic mass is 32.2. The third-order valence-corrected chi connectivity index (χ3v) is 4.93. The molecular formula is C20H24N4OS. The molecule has 3 rings (SSSR count). The molecule has 0 bridgehead atoms. The van der Waals surface area contributed by atoms with E-state index in [0.29, 0.717) is 13.1 Å². The van der Waals surface area contributed by atoms with E-state index in [4.69, 9.17) is 0 Å². The third kappa shape index (κ3) is 4.58. The van der Waals surface area contributed by atoms with Gasteiger partial charge in [0.15, 0.2) is 0 Å². The van der Waals surface area contributed by atoms with Crippen LogP contribution in [0.5, 0.6) is 0 Å². The zero-order chi connectivity index (χ0) is 18.2. The summed E-state index contributed by atoms with van der Waals surface area (Å²) in [6, 6.07) is 13.8. The lowest BCUT2D eigenvalue weighted by Gasteiger charge is -2.18. The summed E-state index contributed by atoms with van der Waals surface area (Å²) in [5.41, 5.74) is 1.08. The van der Waals surface area contributed by atoms with Gasteiger partial charge in [-0.2, -0.15) is 11.8 Å². The molecule has 1 amide bonds. The van der Waals surface area contributed by atoms with Crippen LogP contribution < -0.4 is 5.32 Å². The minimum absolute atomic E-state index is 0.0663. The van der Waals surface area contributed by atoms with E-state index < -0.39 is 0 Å². The summed E-state index contributed by atoms with van der Waals surface area (Å²) in [5.74, 6) is 1.94. The highest BCUT2D eigenvalue weighted by Gasteiger charge is 2.18. The van der Waals surface area contributed by atoms with Gasteiger partial charge in [-0.1, -0.05) is 30.3 Å². The van der Waals surface area contributed by atoms with Crippen LogP contribution in [-0.4, -0.2) is 38.6 Å². The number of carbonyl (C=O) groups is 1. The lowest BCUT2D eigenvalue weighted by Crippen LogP contribution is -2.34. The molecule has 5 nitrogen and oxygen atoms in total. The maximum Gasteiger partial charge on any atom is 0.243 e. The molecule has 0 aliphatic rings. The first-order valence-corrected chi connectivity index (χ1v) is 10.1. The summed E-state index contributed by atoms with van der Waals surface area (Å²) < 4.78 is 4.06. The fraction of sp³-hybridized carbons (Fsp3) is 0.300. The van der Waals surface area contributed by atoms with Gasteiger partial charge in [0, 0.05) is 43.4 Å². The Hall–Kier alpha value is -2.47. The average Bonchev–Trinajstić information content (AvgIpc) is 3.35. The topological polar surface area (TPSA) is 51.9 Å². The van der Waals surface area contributed by atoms with Crippen LogP contribution in [0.2, 0.25) is 0 Å². The summed E-state index contributed by atoms with van der Waals surface area (Å²) in [6.07, 6.45) is 10.5. The minimum Gasteiger partial charge on any atom is -0.353 e. The normalized spacial score (nSPS) is 12.0. The molecule has 0 saturated carbocycles. The first-order chi connectivity index (χ1) is 12.8. The van der Waals surface area contributed by atoms with Gasteiger partial charge in [0.1, 0.15) is 11.9 Å². The number of aromatic nitrogens is 3. The number of carbonyl (C=O) groups excluding carboxylic acids is 1. The molecule has 0 aliphatic carbocycles. The highest BCUT2D eigenvalue weighted by molar-refractivity contribution is 7.98. The smallest absolute Gasteiger partial charge is 0.243 e. The number of nitrogens with one attached hydrogen (secondary N) is 1. The minimum atomic E-state index is -0.158. The van der Waals surface area contributed by atoms with E-state index in [1.807, 2.05) is 65.6 Å². The molecule has 0 aliphatic heterocycles. The SMILES string of the molecule is CSCC[C@@H](C(=O)NCCn1ccnc1-c1ccccc1)n1cccc1. The van der Waals surface area contributed by atoms with Crippen molar-refractivity contribution in [3.63, 3.8) is 0 Å². The quantitative estimate of drug-likeness (QED) is 0.629. The summed E-state index contributed by atoms with van der Waals surface area (Å²) in [5, 5.41) is 3.08. The van der Waals surface area contributed by atoms with Gasteiger partial charge in [0.25, 0.3) is 0 Å². The first-order valence-electron chi connectivity index (χ1n) is 8.75. The number of rotatable bonds is 9. The second-order valence-corrected chi connectivity index (χ2v) is 7.01. The Morgan fingerprint density at radius 2 is 1.92 bits per heavy atom. The van der Waals surface area contributed by atoms with Crippen LogP contribution >= 0.6 is 11.8 Å². The van der Waals surface area contributed by atoms with Crippen LogP contribution in [0.15, 0.2) is 67.3 Å². The van der Waals surface area contributed by atoms with E-state index in [1.54, 1.807) is 18.0 Å². The van der Waals surface area contributed by atoms with Crippen LogP contribution in [0, 0.1) is 0 Å². The van der Waals surface area contributed by atoms with Gasteiger partial charge in [0.05, 0.1) is 0 Å². The monoisotopic (exact) mass is 368 g/mol. The van der Waals surface area contributed by atoms with Crippen LogP contribution in [0.25, 0.3) is 11.4 Å². The molecule has 1 N–H and O–H groups in total. The van der Waals surface area contributed by atoms with Crippen molar-refractivity contribution in [1.82, 2.24) is 19.4 Å². The predicted molar refractivity (Wildman–Crippen MR) is 107 cm³/mol. The zero-order valence-electron chi connectivity index (χ0n) is 14.9. The van der Waals surface area contributed by atoms with E-state index in [2.05, 4.69) is 21.1 Å². The fourth-order valence-corrected chi connectivity index (χ4v) is 3.41. The third-order valence-electron chi connectivity index (χ3n) is 4.28. The van der Waals surface area contributed by atoms with Gasteiger partial charge >= 0.3 is 0 Å². The zero-order valence-corrected chi connectivity index (χ0v) is 15.7. The predicted octanol–water partition coefficient (Wildman–Crippen LogP) is 3.46.